The summed E-state index contributed by atoms with van der Waals surface area (Å²) in [5.74, 6) is 1.44. The maximum absolute atomic E-state index is 12.3. The van der Waals surface area contributed by atoms with E-state index in [2.05, 4.69) is 24.1 Å². The first-order valence-electron chi connectivity index (χ1n) is 7.72. The van der Waals surface area contributed by atoms with E-state index >= 15 is 0 Å². The van der Waals surface area contributed by atoms with Gasteiger partial charge >= 0.3 is 0 Å². The van der Waals surface area contributed by atoms with Gasteiger partial charge in [0.1, 0.15) is 0 Å². The highest BCUT2D eigenvalue weighted by Gasteiger charge is 2.28. The second-order valence-corrected chi connectivity index (χ2v) is 6.86. The Labute approximate surface area is 132 Å². The quantitative estimate of drug-likeness (QED) is 0.925. The number of hydrogen-bond acceptors (Lipinski definition) is 2. The smallest absolute Gasteiger partial charge is 0.237 e. The van der Waals surface area contributed by atoms with Gasteiger partial charge in [-0.2, -0.15) is 0 Å². The molecule has 4 heteroatoms. The van der Waals surface area contributed by atoms with E-state index < -0.39 is 0 Å². The predicted octanol–water partition coefficient (Wildman–Crippen LogP) is 3.32. The Bertz CT molecular complexity index is 464. The summed E-state index contributed by atoms with van der Waals surface area (Å²) in [6.07, 6.45) is 1.26. The number of halogens is 1. The summed E-state index contributed by atoms with van der Waals surface area (Å²) in [5.41, 5.74) is 1.07. The molecule has 116 valence electrons. The van der Waals surface area contributed by atoms with Gasteiger partial charge < -0.3 is 5.32 Å². The maximum Gasteiger partial charge on any atom is 0.237 e. The molecule has 1 aromatic carbocycles. The van der Waals surface area contributed by atoms with Crippen molar-refractivity contribution in [3.8, 4) is 0 Å². The molecule has 3 atom stereocenters. The normalized spacial score (nSPS) is 24.6. The van der Waals surface area contributed by atoms with Crippen LogP contribution >= 0.6 is 11.6 Å². The van der Waals surface area contributed by atoms with E-state index in [0.29, 0.717) is 18.4 Å². The molecule has 1 fully saturated rings. The standard InChI is InChI=1S/C17H25ClN2O/c1-12-8-13(2)11-20(10-12)14(3)17(21)19-9-15-4-6-16(18)7-5-15/h4-7,12-14H,8-11H2,1-3H3,(H,19,21)/t12-,13+,14-/m1/s1. The number of nitrogens with one attached hydrogen (secondary N) is 1. The number of amides is 1. The Kier molecular flexibility index (Phi) is 5.65. The van der Waals surface area contributed by atoms with Crippen LogP contribution in [0.4, 0.5) is 0 Å². The number of carbonyl (C=O) groups excluding carboxylic acids is 1. The molecule has 0 spiro atoms. The Morgan fingerprint density at radius 3 is 2.43 bits per heavy atom. The van der Waals surface area contributed by atoms with Crippen LogP contribution in [0, 0.1) is 11.8 Å². The van der Waals surface area contributed by atoms with E-state index in [-0.39, 0.29) is 11.9 Å². The fourth-order valence-electron chi connectivity index (χ4n) is 3.13. The molecule has 2 rings (SSSR count). The second-order valence-electron chi connectivity index (χ2n) is 6.42. The molecule has 0 aliphatic carbocycles. The third-order valence-corrected chi connectivity index (χ3v) is 4.46. The lowest BCUT2D eigenvalue weighted by molar-refractivity contribution is -0.127. The monoisotopic (exact) mass is 308 g/mol. The van der Waals surface area contributed by atoms with Crippen LogP contribution in [-0.4, -0.2) is 29.9 Å². The van der Waals surface area contributed by atoms with Crippen LogP contribution in [0.25, 0.3) is 0 Å². The van der Waals surface area contributed by atoms with Gasteiger partial charge in [0.15, 0.2) is 0 Å². The predicted molar refractivity (Wildman–Crippen MR) is 87.3 cm³/mol. The minimum Gasteiger partial charge on any atom is -0.351 e. The average Bonchev–Trinajstić information content (AvgIpc) is 2.44. The van der Waals surface area contributed by atoms with Gasteiger partial charge in [0.25, 0.3) is 0 Å². The van der Waals surface area contributed by atoms with E-state index in [1.807, 2.05) is 31.2 Å². The molecule has 1 aliphatic heterocycles. The molecule has 21 heavy (non-hydrogen) atoms. The largest absolute Gasteiger partial charge is 0.351 e. The van der Waals surface area contributed by atoms with E-state index in [1.54, 1.807) is 0 Å². The Balaban J connectivity index is 1.86. The van der Waals surface area contributed by atoms with Crippen molar-refractivity contribution in [1.29, 1.82) is 0 Å². The highest BCUT2D eigenvalue weighted by molar-refractivity contribution is 6.30. The van der Waals surface area contributed by atoms with E-state index in [4.69, 9.17) is 11.6 Å². The van der Waals surface area contributed by atoms with Crippen molar-refractivity contribution in [3.05, 3.63) is 34.9 Å². The third kappa shape index (κ3) is 4.72. The van der Waals surface area contributed by atoms with Crippen molar-refractivity contribution in [2.45, 2.75) is 39.8 Å². The average molecular weight is 309 g/mol. The lowest BCUT2D eigenvalue weighted by atomic mass is 9.91. The minimum atomic E-state index is -0.0671. The number of likely N-dealkylation sites (tertiary alicyclic amines) is 1. The van der Waals surface area contributed by atoms with Crippen molar-refractivity contribution < 1.29 is 4.79 Å². The van der Waals surface area contributed by atoms with Crippen LogP contribution in [0.15, 0.2) is 24.3 Å². The Morgan fingerprint density at radius 1 is 1.29 bits per heavy atom. The lowest BCUT2D eigenvalue weighted by Crippen LogP contribution is -2.50. The minimum absolute atomic E-state index is 0.0671. The molecular formula is C17H25ClN2O. The van der Waals surface area contributed by atoms with Crippen molar-refractivity contribution in [1.82, 2.24) is 10.2 Å². The first-order valence-corrected chi connectivity index (χ1v) is 8.09. The summed E-state index contributed by atoms with van der Waals surface area (Å²) in [6.45, 7) is 9.11. The Morgan fingerprint density at radius 2 is 1.86 bits per heavy atom. The van der Waals surface area contributed by atoms with E-state index in [0.717, 1.165) is 23.7 Å². The zero-order chi connectivity index (χ0) is 15.4. The molecule has 0 unspecified atom stereocenters. The third-order valence-electron chi connectivity index (χ3n) is 4.20. The van der Waals surface area contributed by atoms with Gasteiger partial charge in [-0.15, -0.1) is 0 Å². The molecule has 1 aliphatic rings. The van der Waals surface area contributed by atoms with Crippen molar-refractivity contribution in [3.63, 3.8) is 0 Å². The number of hydrogen-bond donors (Lipinski definition) is 1. The summed E-state index contributed by atoms with van der Waals surface area (Å²) >= 11 is 5.86. The lowest BCUT2D eigenvalue weighted by Gasteiger charge is -2.38. The van der Waals surface area contributed by atoms with Crippen molar-refractivity contribution in [2.75, 3.05) is 13.1 Å². The fraction of sp³-hybridized carbons (Fsp3) is 0.588. The second kappa shape index (κ2) is 7.28. The van der Waals surface area contributed by atoms with Gasteiger partial charge in [0, 0.05) is 24.7 Å². The molecule has 1 aromatic rings. The number of nitrogens with zero attached hydrogens (tertiary/aromatic N) is 1. The Hall–Kier alpha value is -1.06. The number of benzene rings is 1. The van der Waals surface area contributed by atoms with Crippen LogP contribution in [0.1, 0.15) is 32.8 Å². The van der Waals surface area contributed by atoms with Gasteiger partial charge in [-0.05, 0) is 42.9 Å². The highest BCUT2D eigenvalue weighted by Crippen LogP contribution is 2.22. The topological polar surface area (TPSA) is 32.3 Å². The van der Waals surface area contributed by atoms with Gasteiger partial charge in [0.2, 0.25) is 5.91 Å². The molecule has 0 bridgehead atoms. The fourth-order valence-corrected chi connectivity index (χ4v) is 3.26. The number of piperidine rings is 1. The summed E-state index contributed by atoms with van der Waals surface area (Å²) in [5, 5.41) is 3.74. The SMILES string of the molecule is C[C@@H]1C[C@H](C)CN([C@H](C)C(=O)NCc2ccc(Cl)cc2)C1. The van der Waals surface area contributed by atoms with Gasteiger partial charge in [-0.1, -0.05) is 37.6 Å². The van der Waals surface area contributed by atoms with Crippen LogP contribution in [0.2, 0.25) is 5.02 Å². The van der Waals surface area contributed by atoms with Crippen molar-refractivity contribution >= 4 is 17.5 Å². The summed E-state index contributed by atoms with van der Waals surface area (Å²) in [6, 6.07) is 7.51. The molecule has 1 N–H and O–H groups in total. The molecule has 3 nitrogen and oxygen atoms in total. The van der Waals surface area contributed by atoms with Crippen LogP contribution in [0.3, 0.4) is 0 Å². The van der Waals surface area contributed by atoms with Crippen molar-refractivity contribution in [2.24, 2.45) is 11.8 Å². The molecule has 0 aromatic heterocycles. The number of carbonyl (C=O) groups is 1. The van der Waals surface area contributed by atoms with Gasteiger partial charge in [-0.3, -0.25) is 9.69 Å². The molecule has 1 heterocycles. The molecule has 0 radical (unpaired) electrons. The van der Waals surface area contributed by atoms with E-state index in [1.165, 1.54) is 6.42 Å². The van der Waals surface area contributed by atoms with Gasteiger partial charge in [-0.25, -0.2) is 0 Å². The highest BCUT2D eigenvalue weighted by atomic mass is 35.5. The zero-order valence-electron chi connectivity index (χ0n) is 13.1. The maximum atomic E-state index is 12.3. The summed E-state index contributed by atoms with van der Waals surface area (Å²) in [7, 11) is 0. The van der Waals surface area contributed by atoms with Gasteiger partial charge in [0.05, 0.1) is 6.04 Å². The van der Waals surface area contributed by atoms with Crippen LogP contribution in [-0.2, 0) is 11.3 Å². The first kappa shape index (κ1) is 16.3. The zero-order valence-corrected chi connectivity index (χ0v) is 13.9. The molecule has 1 amide bonds. The summed E-state index contributed by atoms with van der Waals surface area (Å²) < 4.78 is 0. The number of rotatable bonds is 4. The summed E-state index contributed by atoms with van der Waals surface area (Å²) in [4.78, 5) is 14.6. The first-order chi connectivity index (χ1) is 9.95. The van der Waals surface area contributed by atoms with Crippen LogP contribution < -0.4 is 5.32 Å². The van der Waals surface area contributed by atoms with E-state index in [9.17, 15) is 4.79 Å². The van der Waals surface area contributed by atoms with Crippen LogP contribution in [0.5, 0.6) is 0 Å². The molecule has 1 saturated heterocycles. The molecule has 0 saturated carbocycles. The molecular weight excluding hydrogens is 284 g/mol.